The number of piperidine rings is 1. The van der Waals surface area contributed by atoms with Gasteiger partial charge >= 0.3 is 0 Å². The van der Waals surface area contributed by atoms with Gasteiger partial charge in [0.2, 0.25) is 0 Å². The quantitative estimate of drug-likeness (QED) is 0.704. The standard InChI is InChI=1S/C19H25N5O4S/c25-19-13-18(17-1-5-20-6-2-17)21-15-22(19)14-16-3-7-23(8-4-16)29(26,27)24-9-11-28-12-10-24/h1-2,5-6,13,15-16H,3-4,7-12,14H2. The minimum Gasteiger partial charge on any atom is -0.379 e. The second-order valence-corrected chi connectivity index (χ2v) is 9.29. The Balaban J connectivity index is 1.37. The monoisotopic (exact) mass is 419 g/mol. The molecule has 0 bridgehead atoms. The van der Waals surface area contributed by atoms with Gasteiger partial charge in [-0.2, -0.15) is 17.0 Å². The van der Waals surface area contributed by atoms with Gasteiger partial charge in [-0.1, -0.05) is 0 Å². The minimum atomic E-state index is -3.43. The summed E-state index contributed by atoms with van der Waals surface area (Å²) in [4.78, 5) is 20.9. The minimum absolute atomic E-state index is 0.102. The first-order valence-electron chi connectivity index (χ1n) is 9.84. The zero-order valence-electron chi connectivity index (χ0n) is 16.2. The fourth-order valence-electron chi connectivity index (χ4n) is 3.78. The van der Waals surface area contributed by atoms with Crippen LogP contribution in [0.1, 0.15) is 12.8 Å². The predicted molar refractivity (Wildman–Crippen MR) is 107 cm³/mol. The van der Waals surface area contributed by atoms with E-state index in [9.17, 15) is 13.2 Å². The fourth-order valence-corrected chi connectivity index (χ4v) is 5.39. The summed E-state index contributed by atoms with van der Waals surface area (Å²) in [7, 11) is -3.43. The molecule has 4 rings (SSSR count). The van der Waals surface area contributed by atoms with Crippen LogP contribution in [0, 0.1) is 5.92 Å². The molecule has 2 fully saturated rings. The maximum atomic E-state index is 12.8. The average molecular weight is 420 g/mol. The summed E-state index contributed by atoms with van der Waals surface area (Å²) in [6, 6.07) is 5.17. The summed E-state index contributed by atoms with van der Waals surface area (Å²) in [6.07, 6.45) is 6.36. The second kappa shape index (κ2) is 8.70. The number of aromatic nitrogens is 3. The maximum Gasteiger partial charge on any atom is 0.282 e. The van der Waals surface area contributed by atoms with E-state index in [2.05, 4.69) is 9.97 Å². The molecular weight excluding hydrogens is 394 g/mol. The van der Waals surface area contributed by atoms with Crippen molar-refractivity contribution < 1.29 is 13.2 Å². The van der Waals surface area contributed by atoms with Crippen molar-refractivity contribution in [2.45, 2.75) is 19.4 Å². The third-order valence-electron chi connectivity index (χ3n) is 5.51. The zero-order chi connectivity index (χ0) is 20.3. The smallest absolute Gasteiger partial charge is 0.282 e. The molecule has 10 heteroatoms. The number of ether oxygens (including phenoxy) is 1. The Morgan fingerprint density at radius 1 is 1.03 bits per heavy atom. The van der Waals surface area contributed by atoms with Gasteiger partial charge in [-0.05, 0) is 30.9 Å². The van der Waals surface area contributed by atoms with E-state index in [0.717, 1.165) is 18.4 Å². The molecule has 9 nitrogen and oxygen atoms in total. The number of morpholine rings is 1. The summed E-state index contributed by atoms with van der Waals surface area (Å²) in [5.74, 6) is 0.248. The Hall–Kier alpha value is -2.14. The van der Waals surface area contributed by atoms with Gasteiger partial charge in [-0.25, -0.2) is 4.98 Å². The second-order valence-electron chi connectivity index (χ2n) is 7.36. The first-order chi connectivity index (χ1) is 14.0. The van der Waals surface area contributed by atoms with Crippen LogP contribution in [0.2, 0.25) is 0 Å². The van der Waals surface area contributed by atoms with Crippen molar-refractivity contribution >= 4 is 10.2 Å². The van der Waals surface area contributed by atoms with Crippen LogP contribution in [0.5, 0.6) is 0 Å². The Bertz CT molecular complexity index is 981. The lowest BCUT2D eigenvalue weighted by molar-refractivity contribution is 0.0692. The molecule has 0 unspecified atom stereocenters. The predicted octanol–water partition coefficient (Wildman–Crippen LogP) is 0.594. The average Bonchev–Trinajstić information content (AvgIpc) is 2.77. The molecule has 0 spiro atoms. The summed E-state index contributed by atoms with van der Waals surface area (Å²) in [6.45, 7) is 3.21. The lowest BCUT2D eigenvalue weighted by Crippen LogP contribution is -2.51. The number of hydrogen-bond acceptors (Lipinski definition) is 6. The normalized spacial score (nSPS) is 20.0. The van der Waals surface area contributed by atoms with Gasteiger partial charge in [0.1, 0.15) is 0 Å². The lowest BCUT2D eigenvalue weighted by atomic mass is 9.98. The molecule has 0 radical (unpaired) electrons. The summed E-state index contributed by atoms with van der Waals surface area (Å²) < 4.78 is 35.4. The van der Waals surface area contributed by atoms with Gasteiger partial charge in [0.05, 0.1) is 25.2 Å². The van der Waals surface area contributed by atoms with Crippen LogP contribution in [-0.4, -0.2) is 71.0 Å². The first-order valence-corrected chi connectivity index (χ1v) is 11.2. The maximum absolute atomic E-state index is 12.8. The molecule has 2 aromatic rings. The molecule has 4 heterocycles. The van der Waals surface area contributed by atoms with Crippen LogP contribution >= 0.6 is 0 Å². The number of nitrogens with zero attached hydrogens (tertiary/aromatic N) is 5. The van der Waals surface area contributed by atoms with Crippen LogP contribution in [0.25, 0.3) is 11.3 Å². The fraction of sp³-hybridized carbons (Fsp3) is 0.526. The van der Waals surface area contributed by atoms with E-state index in [1.807, 2.05) is 12.1 Å². The van der Waals surface area contributed by atoms with Gasteiger partial charge in [-0.15, -0.1) is 0 Å². The number of hydrogen-bond donors (Lipinski definition) is 0. The largest absolute Gasteiger partial charge is 0.379 e. The first kappa shape index (κ1) is 20.1. The highest BCUT2D eigenvalue weighted by molar-refractivity contribution is 7.86. The Morgan fingerprint density at radius 2 is 1.69 bits per heavy atom. The van der Waals surface area contributed by atoms with E-state index in [4.69, 9.17) is 4.74 Å². The Morgan fingerprint density at radius 3 is 2.34 bits per heavy atom. The van der Waals surface area contributed by atoms with Crippen LogP contribution < -0.4 is 5.56 Å². The van der Waals surface area contributed by atoms with E-state index >= 15 is 0 Å². The molecular formula is C19H25N5O4S. The molecule has 2 saturated heterocycles. The van der Waals surface area contributed by atoms with Crippen LogP contribution in [0.3, 0.4) is 0 Å². The van der Waals surface area contributed by atoms with Gasteiger partial charge in [0, 0.05) is 56.7 Å². The molecule has 156 valence electrons. The van der Waals surface area contributed by atoms with Crippen molar-refractivity contribution in [1.82, 2.24) is 23.1 Å². The van der Waals surface area contributed by atoms with Crippen molar-refractivity contribution in [3.8, 4) is 11.3 Å². The molecule has 2 aliphatic heterocycles. The molecule has 0 N–H and O–H groups in total. The van der Waals surface area contributed by atoms with Crippen molar-refractivity contribution in [1.29, 1.82) is 0 Å². The van der Waals surface area contributed by atoms with E-state index in [1.54, 1.807) is 27.6 Å². The number of rotatable bonds is 5. The zero-order valence-corrected chi connectivity index (χ0v) is 17.0. The van der Waals surface area contributed by atoms with Crippen molar-refractivity contribution in [2.24, 2.45) is 5.92 Å². The van der Waals surface area contributed by atoms with Crippen LogP contribution in [0.15, 0.2) is 41.7 Å². The lowest BCUT2D eigenvalue weighted by Gasteiger charge is -2.36. The molecule has 2 aliphatic rings. The number of pyridine rings is 1. The van der Waals surface area contributed by atoms with E-state index in [0.29, 0.717) is 51.6 Å². The van der Waals surface area contributed by atoms with Crippen molar-refractivity contribution in [2.75, 3.05) is 39.4 Å². The SMILES string of the molecule is O=c1cc(-c2ccncc2)ncn1CC1CCN(S(=O)(=O)N2CCOCC2)CC1. The highest BCUT2D eigenvalue weighted by Gasteiger charge is 2.33. The molecule has 0 amide bonds. The topological polar surface area (TPSA) is 97.6 Å². The summed E-state index contributed by atoms with van der Waals surface area (Å²) in [5.41, 5.74) is 1.38. The third-order valence-corrected chi connectivity index (χ3v) is 7.54. The highest BCUT2D eigenvalue weighted by atomic mass is 32.2. The van der Waals surface area contributed by atoms with Crippen molar-refractivity contribution in [3.63, 3.8) is 0 Å². The summed E-state index contributed by atoms with van der Waals surface area (Å²) in [5, 5.41) is 0. The Labute approximate surface area is 170 Å². The third kappa shape index (κ3) is 4.55. The van der Waals surface area contributed by atoms with Gasteiger partial charge in [-0.3, -0.25) is 14.3 Å². The van der Waals surface area contributed by atoms with Crippen LogP contribution in [-0.2, 0) is 21.5 Å². The van der Waals surface area contributed by atoms with Crippen LogP contribution in [0.4, 0.5) is 0 Å². The summed E-state index contributed by atoms with van der Waals surface area (Å²) >= 11 is 0. The Kier molecular flexibility index (Phi) is 6.04. The highest BCUT2D eigenvalue weighted by Crippen LogP contribution is 2.23. The van der Waals surface area contributed by atoms with E-state index in [-0.39, 0.29) is 11.5 Å². The molecule has 0 saturated carbocycles. The van der Waals surface area contributed by atoms with E-state index < -0.39 is 10.2 Å². The molecule has 29 heavy (non-hydrogen) atoms. The van der Waals surface area contributed by atoms with Gasteiger partial charge in [0.25, 0.3) is 15.8 Å². The van der Waals surface area contributed by atoms with Gasteiger partial charge < -0.3 is 4.74 Å². The molecule has 2 aromatic heterocycles. The molecule has 0 aliphatic carbocycles. The van der Waals surface area contributed by atoms with Gasteiger partial charge in [0.15, 0.2) is 0 Å². The molecule has 0 atom stereocenters. The van der Waals surface area contributed by atoms with E-state index in [1.165, 1.54) is 10.4 Å². The van der Waals surface area contributed by atoms with Crippen molar-refractivity contribution in [3.05, 3.63) is 47.3 Å². The molecule has 0 aromatic carbocycles.